The molecule has 0 bridgehead atoms. The van der Waals surface area contributed by atoms with Crippen molar-refractivity contribution in [3.8, 4) is 11.8 Å². The molecule has 62 valence electrons. The summed E-state index contributed by atoms with van der Waals surface area (Å²) in [6, 6.07) is 8.09. The lowest BCUT2D eigenvalue weighted by molar-refractivity contribution is 1.28. The second-order valence-corrected chi connectivity index (χ2v) is 3.41. The average molecular weight is 179 g/mol. The van der Waals surface area contributed by atoms with E-state index < -0.39 is 0 Å². The van der Waals surface area contributed by atoms with Crippen LogP contribution in [0.3, 0.4) is 0 Å². The average Bonchev–Trinajstić information content (AvgIpc) is 2.03. The lowest BCUT2D eigenvalue weighted by Crippen LogP contribution is -1.82. The normalized spacial score (nSPS) is 11.6. The Labute approximate surface area is 78.6 Å². The van der Waals surface area contributed by atoms with Crippen molar-refractivity contribution in [2.45, 2.75) is 19.2 Å². The van der Waals surface area contributed by atoms with Crippen LogP contribution in [0, 0.1) is 18.8 Å². The highest BCUT2D eigenvalue weighted by Gasteiger charge is 1.87. The lowest BCUT2D eigenvalue weighted by atomic mass is 10.1. The molecule has 0 saturated heterocycles. The van der Waals surface area contributed by atoms with Gasteiger partial charge in [-0.3, -0.25) is 0 Å². The maximum atomic E-state index is 5.69. The zero-order valence-corrected chi connectivity index (χ0v) is 8.02. The molecule has 0 fully saturated rings. The van der Waals surface area contributed by atoms with Gasteiger partial charge in [0, 0.05) is 5.56 Å². The molecule has 1 rings (SSSR count). The van der Waals surface area contributed by atoms with E-state index in [1.54, 1.807) is 0 Å². The molecule has 0 aliphatic rings. The molecule has 1 unspecified atom stereocenters. The summed E-state index contributed by atoms with van der Waals surface area (Å²) >= 11 is 5.69. The van der Waals surface area contributed by atoms with E-state index in [0.29, 0.717) is 0 Å². The molecule has 1 aromatic carbocycles. The Morgan fingerprint density at radius 1 is 1.25 bits per heavy atom. The minimum absolute atomic E-state index is 0.0775. The molecule has 0 radical (unpaired) electrons. The van der Waals surface area contributed by atoms with Gasteiger partial charge in [0.05, 0.1) is 5.38 Å². The fraction of sp³-hybridized carbons (Fsp3) is 0.273. The van der Waals surface area contributed by atoms with E-state index in [1.807, 2.05) is 31.2 Å². The first-order valence-corrected chi connectivity index (χ1v) is 4.34. The topological polar surface area (TPSA) is 0 Å². The van der Waals surface area contributed by atoms with Gasteiger partial charge in [-0.1, -0.05) is 29.5 Å². The Bertz CT molecular complexity index is 298. The predicted molar refractivity (Wildman–Crippen MR) is 53.4 cm³/mol. The van der Waals surface area contributed by atoms with Crippen LogP contribution in [0.5, 0.6) is 0 Å². The Kier molecular flexibility index (Phi) is 3.19. The molecular weight excluding hydrogens is 168 g/mol. The summed E-state index contributed by atoms with van der Waals surface area (Å²) < 4.78 is 0. The van der Waals surface area contributed by atoms with Gasteiger partial charge >= 0.3 is 0 Å². The van der Waals surface area contributed by atoms with Crippen LogP contribution in [0.2, 0.25) is 0 Å². The van der Waals surface area contributed by atoms with Gasteiger partial charge in [-0.05, 0) is 26.0 Å². The number of aryl methyl sites for hydroxylation is 1. The van der Waals surface area contributed by atoms with Crippen LogP contribution in [-0.2, 0) is 0 Å². The largest absolute Gasteiger partial charge is 0.109 e. The molecule has 1 aromatic rings. The second-order valence-electron chi connectivity index (χ2n) is 2.75. The van der Waals surface area contributed by atoms with Gasteiger partial charge in [-0.25, -0.2) is 0 Å². The molecule has 0 aliphatic heterocycles. The van der Waals surface area contributed by atoms with Crippen molar-refractivity contribution in [3.63, 3.8) is 0 Å². The predicted octanol–water partition coefficient (Wildman–Crippen LogP) is 2.97. The molecule has 0 amide bonds. The highest BCUT2D eigenvalue weighted by Crippen LogP contribution is 2.01. The minimum atomic E-state index is -0.0775. The molecule has 0 saturated carbocycles. The SMILES string of the molecule is Cc1ccc(C#CC(C)Cl)cc1. The van der Waals surface area contributed by atoms with E-state index in [4.69, 9.17) is 11.6 Å². The van der Waals surface area contributed by atoms with E-state index >= 15 is 0 Å². The quantitative estimate of drug-likeness (QED) is 0.423. The standard InChI is InChI=1S/C11H11Cl/c1-9-3-6-11(7-4-9)8-5-10(2)12/h3-4,6-7,10H,1-2H3. The summed E-state index contributed by atoms with van der Waals surface area (Å²) in [4.78, 5) is 0. The molecule has 1 heteroatoms. The maximum absolute atomic E-state index is 5.69. The first-order valence-electron chi connectivity index (χ1n) is 3.91. The van der Waals surface area contributed by atoms with Crippen LogP contribution < -0.4 is 0 Å². The highest BCUT2D eigenvalue weighted by molar-refractivity contribution is 6.22. The van der Waals surface area contributed by atoms with Crippen molar-refractivity contribution < 1.29 is 0 Å². The van der Waals surface area contributed by atoms with E-state index in [9.17, 15) is 0 Å². The Morgan fingerprint density at radius 3 is 2.33 bits per heavy atom. The summed E-state index contributed by atoms with van der Waals surface area (Å²) in [5.41, 5.74) is 2.27. The lowest BCUT2D eigenvalue weighted by Gasteiger charge is -1.91. The van der Waals surface area contributed by atoms with Crippen LogP contribution in [0.15, 0.2) is 24.3 Å². The third kappa shape index (κ3) is 2.98. The van der Waals surface area contributed by atoms with E-state index in [0.717, 1.165) is 5.56 Å². The molecule has 0 spiro atoms. The Morgan fingerprint density at radius 2 is 1.83 bits per heavy atom. The van der Waals surface area contributed by atoms with E-state index in [-0.39, 0.29) is 5.38 Å². The smallest absolute Gasteiger partial charge is 0.0918 e. The van der Waals surface area contributed by atoms with Crippen molar-refractivity contribution in [1.29, 1.82) is 0 Å². The van der Waals surface area contributed by atoms with Gasteiger partial charge in [-0.2, -0.15) is 0 Å². The fourth-order valence-corrected chi connectivity index (χ4v) is 0.874. The third-order valence-corrected chi connectivity index (χ3v) is 1.58. The molecule has 0 aliphatic carbocycles. The number of alkyl halides is 1. The van der Waals surface area contributed by atoms with Crippen LogP contribution in [0.25, 0.3) is 0 Å². The van der Waals surface area contributed by atoms with Gasteiger partial charge in [0.15, 0.2) is 0 Å². The van der Waals surface area contributed by atoms with Crippen molar-refractivity contribution in [2.75, 3.05) is 0 Å². The number of halogens is 1. The van der Waals surface area contributed by atoms with Crippen molar-refractivity contribution >= 4 is 11.6 Å². The second kappa shape index (κ2) is 4.18. The first-order chi connectivity index (χ1) is 5.68. The molecule has 0 heterocycles. The van der Waals surface area contributed by atoms with E-state index in [1.165, 1.54) is 5.56 Å². The summed E-state index contributed by atoms with van der Waals surface area (Å²) in [5.74, 6) is 5.89. The molecule has 0 N–H and O–H groups in total. The Balaban J connectivity index is 2.79. The molecule has 0 nitrogen and oxygen atoms in total. The van der Waals surface area contributed by atoms with Gasteiger partial charge in [-0.15, -0.1) is 11.6 Å². The molecule has 12 heavy (non-hydrogen) atoms. The first kappa shape index (κ1) is 9.16. The van der Waals surface area contributed by atoms with Gasteiger partial charge in [0.25, 0.3) is 0 Å². The molecule has 0 aromatic heterocycles. The summed E-state index contributed by atoms with van der Waals surface area (Å²) in [7, 11) is 0. The van der Waals surface area contributed by atoms with Crippen LogP contribution in [0.1, 0.15) is 18.1 Å². The summed E-state index contributed by atoms with van der Waals surface area (Å²) in [6.07, 6.45) is 0. The Hall–Kier alpha value is -0.930. The van der Waals surface area contributed by atoms with Crippen LogP contribution in [0.4, 0.5) is 0 Å². The summed E-state index contributed by atoms with van der Waals surface area (Å²) in [5, 5.41) is -0.0775. The van der Waals surface area contributed by atoms with Crippen LogP contribution in [-0.4, -0.2) is 5.38 Å². The van der Waals surface area contributed by atoms with Gasteiger partial charge in [0.2, 0.25) is 0 Å². The van der Waals surface area contributed by atoms with Gasteiger partial charge in [0.1, 0.15) is 0 Å². The molecule has 1 atom stereocenters. The van der Waals surface area contributed by atoms with Crippen molar-refractivity contribution in [2.24, 2.45) is 0 Å². The van der Waals surface area contributed by atoms with Gasteiger partial charge < -0.3 is 0 Å². The van der Waals surface area contributed by atoms with Crippen molar-refractivity contribution in [3.05, 3.63) is 35.4 Å². The monoisotopic (exact) mass is 178 g/mol. The number of rotatable bonds is 0. The van der Waals surface area contributed by atoms with Crippen LogP contribution >= 0.6 is 11.6 Å². The summed E-state index contributed by atoms with van der Waals surface area (Å²) in [6.45, 7) is 3.92. The maximum Gasteiger partial charge on any atom is 0.0918 e. The number of hydrogen-bond donors (Lipinski definition) is 0. The third-order valence-electron chi connectivity index (χ3n) is 1.47. The molecular formula is C11H11Cl. The van der Waals surface area contributed by atoms with Crippen molar-refractivity contribution in [1.82, 2.24) is 0 Å². The highest BCUT2D eigenvalue weighted by atomic mass is 35.5. The minimum Gasteiger partial charge on any atom is -0.109 e. The zero-order valence-electron chi connectivity index (χ0n) is 7.26. The number of benzene rings is 1. The fourth-order valence-electron chi connectivity index (χ4n) is 0.820. The zero-order chi connectivity index (χ0) is 8.97. The number of hydrogen-bond acceptors (Lipinski definition) is 0. The van der Waals surface area contributed by atoms with E-state index in [2.05, 4.69) is 18.8 Å².